The molecule has 2 atom stereocenters. The summed E-state index contributed by atoms with van der Waals surface area (Å²) in [5.41, 5.74) is 7.55. The van der Waals surface area contributed by atoms with Crippen LogP contribution in [0.1, 0.15) is 23.0 Å². The van der Waals surface area contributed by atoms with Gasteiger partial charge in [0, 0.05) is 18.8 Å². The standard InChI is InChI=1S/C15H16ClN7O/c1-3-23(7-10-4-5-11(16)19-6-10)14(24)12-13(21-9-20-12)22(2)15(23,18)8-17/h4-6,9H,3,7,18H2,1-2H3/p+1. The van der Waals surface area contributed by atoms with Crippen molar-refractivity contribution in [1.29, 1.82) is 5.26 Å². The van der Waals surface area contributed by atoms with Crippen LogP contribution in [-0.4, -0.2) is 44.7 Å². The van der Waals surface area contributed by atoms with Crippen LogP contribution in [0.4, 0.5) is 5.82 Å². The highest BCUT2D eigenvalue weighted by molar-refractivity contribution is 6.29. The first-order valence-electron chi connectivity index (χ1n) is 7.39. The number of imidazole rings is 1. The Bertz CT molecular complexity index is 827. The third-order valence-corrected chi connectivity index (χ3v) is 4.87. The second-order valence-electron chi connectivity index (χ2n) is 5.73. The van der Waals surface area contributed by atoms with Gasteiger partial charge in [0.2, 0.25) is 0 Å². The molecule has 9 heteroatoms. The summed E-state index contributed by atoms with van der Waals surface area (Å²) in [6.45, 7) is 2.37. The molecule has 2 unspecified atom stereocenters. The molecule has 2 aromatic rings. The first-order valence-corrected chi connectivity index (χ1v) is 7.77. The van der Waals surface area contributed by atoms with Crippen LogP contribution in [0.5, 0.6) is 0 Å². The minimum Gasteiger partial charge on any atom is -0.335 e. The molecule has 3 N–H and O–H groups in total. The Morgan fingerprint density at radius 1 is 1.50 bits per heavy atom. The van der Waals surface area contributed by atoms with Crippen LogP contribution >= 0.6 is 11.6 Å². The molecule has 0 radical (unpaired) electrons. The lowest BCUT2D eigenvalue weighted by Gasteiger charge is -2.50. The number of aromatic amines is 1. The number of pyridine rings is 1. The van der Waals surface area contributed by atoms with Gasteiger partial charge in [-0.25, -0.2) is 25.0 Å². The van der Waals surface area contributed by atoms with E-state index in [2.05, 4.69) is 21.0 Å². The van der Waals surface area contributed by atoms with Crippen LogP contribution in [0.3, 0.4) is 0 Å². The van der Waals surface area contributed by atoms with Gasteiger partial charge in [0.05, 0.1) is 12.9 Å². The molecule has 1 amide bonds. The Kier molecular flexibility index (Phi) is 3.80. The summed E-state index contributed by atoms with van der Waals surface area (Å²) in [6.07, 6.45) is 3.02. The zero-order valence-electron chi connectivity index (χ0n) is 13.3. The third-order valence-electron chi connectivity index (χ3n) is 4.65. The highest BCUT2D eigenvalue weighted by Gasteiger charge is 2.62. The molecule has 0 aromatic carbocycles. The maximum atomic E-state index is 13.2. The summed E-state index contributed by atoms with van der Waals surface area (Å²) in [5, 5.41) is 10.2. The fraction of sp³-hybridized carbons (Fsp3) is 0.333. The molecule has 3 rings (SSSR count). The molecule has 1 aliphatic rings. The van der Waals surface area contributed by atoms with Gasteiger partial charge >= 0.3 is 11.7 Å². The number of rotatable bonds is 3. The van der Waals surface area contributed by atoms with Gasteiger partial charge in [-0.15, -0.1) is 0 Å². The van der Waals surface area contributed by atoms with Gasteiger partial charge in [-0.3, -0.25) is 4.90 Å². The fourth-order valence-corrected chi connectivity index (χ4v) is 3.30. The number of hydrogen-bond acceptors (Lipinski definition) is 6. The molecule has 0 fully saturated rings. The third kappa shape index (κ3) is 2.03. The molecular formula is C15H17ClN7O+. The number of nitriles is 1. The van der Waals surface area contributed by atoms with E-state index in [-0.39, 0.29) is 16.9 Å². The van der Waals surface area contributed by atoms with Crippen molar-refractivity contribution in [3.63, 3.8) is 0 Å². The number of nitrogens with one attached hydrogen (secondary N) is 1. The molecule has 8 nitrogen and oxygen atoms in total. The van der Waals surface area contributed by atoms with Crippen molar-refractivity contribution in [2.75, 3.05) is 18.5 Å². The Morgan fingerprint density at radius 2 is 2.25 bits per heavy atom. The van der Waals surface area contributed by atoms with Crippen LogP contribution < -0.4 is 10.6 Å². The molecule has 124 valence electrons. The fourth-order valence-electron chi connectivity index (χ4n) is 3.19. The van der Waals surface area contributed by atoms with E-state index in [4.69, 9.17) is 17.3 Å². The minimum absolute atomic E-state index is 0.215. The highest BCUT2D eigenvalue weighted by Crippen LogP contribution is 2.38. The molecule has 0 spiro atoms. The molecule has 3 heterocycles. The second-order valence-corrected chi connectivity index (χ2v) is 6.12. The topological polar surface area (TPSA) is 112 Å². The number of quaternary nitrogens is 1. The number of aromatic nitrogens is 3. The van der Waals surface area contributed by atoms with Gasteiger partial charge in [0.15, 0.2) is 17.6 Å². The summed E-state index contributed by atoms with van der Waals surface area (Å²) in [7, 11) is 1.66. The molecule has 0 saturated heterocycles. The summed E-state index contributed by atoms with van der Waals surface area (Å²) in [4.78, 5) is 25.8. The lowest BCUT2D eigenvalue weighted by molar-refractivity contribution is -0.904. The number of H-pyrrole nitrogens is 1. The number of carbonyl (C=O) groups is 1. The van der Waals surface area contributed by atoms with E-state index in [0.717, 1.165) is 5.56 Å². The number of amides is 1. The molecule has 0 aliphatic carbocycles. The maximum Gasteiger partial charge on any atom is 0.370 e. The van der Waals surface area contributed by atoms with Gasteiger partial charge in [-0.2, -0.15) is 5.26 Å². The Hall–Kier alpha value is -2.47. The molecule has 24 heavy (non-hydrogen) atoms. The average molecular weight is 347 g/mol. The van der Waals surface area contributed by atoms with Crippen LogP contribution in [0.15, 0.2) is 24.7 Å². The van der Waals surface area contributed by atoms with Crippen molar-refractivity contribution >= 4 is 23.3 Å². The largest absolute Gasteiger partial charge is 0.370 e. The number of nitrogens with zero attached hydrogens (tertiary/aromatic N) is 5. The molecule has 0 saturated carbocycles. The van der Waals surface area contributed by atoms with E-state index in [1.165, 1.54) is 6.33 Å². The van der Waals surface area contributed by atoms with E-state index in [0.29, 0.717) is 23.2 Å². The molecular weight excluding hydrogens is 330 g/mol. The SMILES string of the molecule is CC[N+]1(Cc2ccc(Cl)nc2)C(=O)c2[nH]cnc2N(C)C1(N)C#N. The zero-order chi connectivity index (χ0) is 17.5. The van der Waals surface area contributed by atoms with Gasteiger partial charge in [-0.05, 0) is 19.1 Å². The Labute approximate surface area is 144 Å². The summed E-state index contributed by atoms with van der Waals surface area (Å²) in [6, 6.07) is 5.54. The van der Waals surface area contributed by atoms with Crippen LogP contribution in [-0.2, 0) is 6.54 Å². The number of nitrogens with two attached hydrogens (primary N) is 1. The molecule has 0 bridgehead atoms. The van der Waals surface area contributed by atoms with E-state index in [1.54, 1.807) is 30.3 Å². The smallest absolute Gasteiger partial charge is 0.335 e. The first kappa shape index (κ1) is 16.4. The monoisotopic (exact) mass is 346 g/mol. The van der Waals surface area contributed by atoms with Gasteiger partial charge in [0.1, 0.15) is 11.7 Å². The molecule has 1 aliphatic heterocycles. The number of hydrogen-bond donors (Lipinski definition) is 2. The minimum atomic E-state index is -1.59. The van der Waals surface area contributed by atoms with Crippen molar-refractivity contribution in [1.82, 2.24) is 15.0 Å². The van der Waals surface area contributed by atoms with Crippen LogP contribution in [0.2, 0.25) is 5.15 Å². The Balaban J connectivity index is 2.18. The van der Waals surface area contributed by atoms with Crippen LogP contribution in [0, 0.1) is 11.3 Å². The lowest BCUT2D eigenvalue weighted by atomic mass is 10.0. The van der Waals surface area contributed by atoms with E-state index in [9.17, 15) is 10.1 Å². The summed E-state index contributed by atoms with van der Waals surface area (Å²) < 4.78 is -0.293. The van der Waals surface area contributed by atoms with E-state index < -0.39 is 5.79 Å². The van der Waals surface area contributed by atoms with Gasteiger partial charge in [-0.1, -0.05) is 11.6 Å². The molecule has 2 aromatic heterocycles. The number of carbonyl (C=O) groups excluding carboxylic acids is 1. The van der Waals surface area contributed by atoms with E-state index in [1.807, 2.05) is 6.92 Å². The van der Waals surface area contributed by atoms with Crippen molar-refractivity contribution in [2.24, 2.45) is 5.73 Å². The number of fused-ring (bicyclic) bond motifs is 1. The van der Waals surface area contributed by atoms with Crippen molar-refractivity contribution < 1.29 is 9.28 Å². The first-order chi connectivity index (χ1) is 11.4. The summed E-state index contributed by atoms with van der Waals surface area (Å²) in [5.74, 6) is -1.49. The average Bonchev–Trinajstić information content (AvgIpc) is 3.08. The highest BCUT2D eigenvalue weighted by atomic mass is 35.5. The predicted molar refractivity (Wildman–Crippen MR) is 87.6 cm³/mol. The van der Waals surface area contributed by atoms with Gasteiger partial charge in [0.25, 0.3) is 0 Å². The second kappa shape index (κ2) is 5.56. The zero-order valence-corrected chi connectivity index (χ0v) is 14.1. The van der Waals surface area contributed by atoms with Crippen molar-refractivity contribution in [3.05, 3.63) is 41.1 Å². The maximum absolute atomic E-state index is 13.2. The number of halogens is 1. The summed E-state index contributed by atoms with van der Waals surface area (Å²) >= 11 is 5.83. The van der Waals surface area contributed by atoms with Crippen LogP contribution in [0.25, 0.3) is 0 Å². The number of anilines is 1. The van der Waals surface area contributed by atoms with Gasteiger partial charge < -0.3 is 4.98 Å². The van der Waals surface area contributed by atoms with E-state index >= 15 is 0 Å². The van der Waals surface area contributed by atoms with Crippen molar-refractivity contribution in [3.8, 4) is 6.07 Å². The van der Waals surface area contributed by atoms with Crippen molar-refractivity contribution in [2.45, 2.75) is 19.3 Å². The predicted octanol–water partition coefficient (Wildman–Crippen LogP) is 1.22. The quantitative estimate of drug-likeness (QED) is 0.638. The normalized spacial score (nSPS) is 26.1. The lowest BCUT2D eigenvalue weighted by Crippen LogP contribution is -2.79. The Morgan fingerprint density at radius 3 is 2.83 bits per heavy atom.